The zero-order valence-corrected chi connectivity index (χ0v) is 15.6. The van der Waals surface area contributed by atoms with Gasteiger partial charge in [-0.05, 0) is 45.2 Å². The van der Waals surface area contributed by atoms with Crippen LogP contribution in [-0.2, 0) is 11.3 Å². The molecule has 2 aromatic rings. The Bertz CT molecular complexity index is 714. The lowest BCUT2D eigenvalue weighted by Crippen LogP contribution is -2.54. The summed E-state index contributed by atoms with van der Waals surface area (Å²) in [6, 6.07) is 3.86. The summed E-state index contributed by atoms with van der Waals surface area (Å²) in [5.41, 5.74) is 2.11. The van der Waals surface area contributed by atoms with Crippen molar-refractivity contribution in [3.05, 3.63) is 41.5 Å². The number of aromatic nitrogens is 2. The van der Waals surface area contributed by atoms with Gasteiger partial charge >= 0.3 is 0 Å². The molecule has 2 aliphatic rings. The van der Waals surface area contributed by atoms with Crippen molar-refractivity contribution in [3.63, 3.8) is 0 Å². The van der Waals surface area contributed by atoms with Crippen LogP contribution in [0.3, 0.4) is 0 Å². The number of morpholine rings is 1. The molecule has 1 saturated carbocycles. The predicted octanol–water partition coefficient (Wildman–Crippen LogP) is 3.14. The monoisotopic (exact) mass is 357 g/mol. The summed E-state index contributed by atoms with van der Waals surface area (Å²) in [5, 5.41) is 4.09. The topological polar surface area (TPSA) is 60.6 Å². The number of hydrogen-bond acceptors (Lipinski definition) is 6. The van der Waals surface area contributed by atoms with E-state index in [-0.39, 0.29) is 5.60 Å². The minimum Gasteiger partial charge on any atom is -0.492 e. The average Bonchev–Trinajstić information content (AvgIpc) is 3.18. The molecule has 1 aliphatic carbocycles. The quantitative estimate of drug-likeness (QED) is 0.819. The molecule has 0 aromatic carbocycles. The van der Waals surface area contributed by atoms with Gasteiger partial charge in [0.05, 0.1) is 30.7 Å². The average molecular weight is 357 g/mol. The molecular weight excluding hydrogens is 330 g/mol. The van der Waals surface area contributed by atoms with Crippen molar-refractivity contribution in [1.29, 1.82) is 0 Å². The Balaban J connectivity index is 1.42. The fourth-order valence-electron chi connectivity index (χ4n) is 4.34. The van der Waals surface area contributed by atoms with Crippen molar-refractivity contribution >= 4 is 0 Å². The highest BCUT2D eigenvalue weighted by Crippen LogP contribution is 2.41. The first kappa shape index (κ1) is 17.5. The zero-order valence-electron chi connectivity index (χ0n) is 15.6. The minimum absolute atomic E-state index is 0.0978. The Labute approximate surface area is 154 Å². The van der Waals surface area contributed by atoms with Gasteiger partial charge in [-0.1, -0.05) is 5.16 Å². The van der Waals surface area contributed by atoms with Crippen LogP contribution in [-0.4, -0.2) is 46.9 Å². The highest BCUT2D eigenvalue weighted by molar-refractivity contribution is 5.21. The number of hydrogen-bond donors (Lipinski definition) is 0. The Hall–Kier alpha value is -1.92. The minimum atomic E-state index is -0.0978. The Morgan fingerprint density at radius 3 is 3.08 bits per heavy atom. The first-order chi connectivity index (χ1) is 12.7. The number of pyridine rings is 1. The molecule has 26 heavy (non-hydrogen) atoms. The number of rotatable bonds is 5. The summed E-state index contributed by atoms with van der Waals surface area (Å²) in [4.78, 5) is 6.61. The maximum absolute atomic E-state index is 6.36. The smallest absolute Gasteiger partial charge is 0.138 e. The Morgan fingerprint density at radius 2 is 2.31 bits per heavy atom. The SMILES string of the molecule is Cc1noc(C)c1CN1CCO[C@]2(CCC[C@H]2COc2cccnc2)C1. The summed E-state index contributed by atoms with van der Waals surface area (Å²) in [6.07, 6.45) is 6.99. The Kier molecular flexibility index (Phi) is 4.96. The molecule has 2 aromatic heterocycles. The van der Waals surface area contributed by atoms with Crippen molar-refractivity contribution in [2.75, 3.05) is 26.3 Å². The van der Waals surface area contributed by atoms with E-state index < -0.39 is 0 Å². The molecule has 0 unspecified atom stereocenters. The van der Waals surface area contributed by atoms with E-state index in [9.17, 15) is 0 Å². The third-order valence-electron chi connectivity index (χ3n) is 5.83. The molecule has 6 heteroatoms. The summed E-state index contributed by atoms with van der Waals surface area (Å²) >= 11 is 0. The van der Waals surface area contributed by atoms with Gasteiger partial charge in [-0.25, -0.2) is 0 Å². The first-order valence-electron chi connectivity index (χ1n) is 9.47. The second-order valence-corrected chi connectivity index (χ2v) is 7.52. The van der Waals surface area contributed by atoms with E-state index in [1.165, 1.54) is 12.0 Å². The first-order valence-corrected chi connectivity index (χ1v) is 9.47. The highest BCUT2D eigenvalue weighted by atomic mass is 16.5. The molecule has 2 atom stereocenters. The lowest BCUT2D eigenvalue weighted by Gasteiger charge is -2.44. The van der Waals surface area contributed by atoms with E-state index in [2.05, 4.69) is 15.0 Å². The molecule has 0 bridgehead atoms. The van der Waals surface area contributed by atoms with E-state index in [1.54, 1.807) is 12.4 Å². The van der Waals surface area contributed by atoms with Crippen molar-refractivity contribution in [2.24, 2.45) is 5.92 Å². The summed E-state index contributed by atoms with van der Waals surface area (Å²) < 4.78 is 17.7. The van der Waals surface area contributed by atoms with Gasteiger partial charge in [0.15, 0.2) is 0 Å². The molecule has 6 nitrogen and oxygen atoms in total. The molecule has 2 fully saturated rings. The van der Waals surface area contributed by atoms with E-state index in [1.807, 2.05) is 26.0 Å². The van der Waals surface area contributed by atoms with Crippen LogP contribution in [0.1, 0.15) is 36.3 Å². The van der Waals surface area contributed by atoms with Gasteiger partial charge in [0.25, 0.3) is 0 Å². The van der Waals surface area contributed by atoms with Crippen LogP contribution in [0.15, 0.2) is 29.0 Å². The third-order valence-corrected chi connectivity index (χ3v) is 5.83. The van der Waals surface area contributed by atoms with Crippen LogP contribution in [0, 0.1) is 19.8 Å². The number of ether oxygens (including phenoxy) is 2. The van der Waals surface area contributed by atoms with Crippen LogP contribution < -0.4 is 4.74 Å². The molecule has 0 radical (unpaired) electrons. The number of nitrogens with zero attached hydrogens (tertiary/aromatic N) is 3. The summed E-state index contributed by atoms with van der Waals surface area (Å²) in [7, 11) is 0. The van der Waals surface area contributed by atoms with Gasteiger partial charge in [0.1, 0.15) is 11.5 Å². The van der Waals surface area contributed by atoms with Crippen molar-refractivity contribution in [3.8, 4) is 5.75 Å². The molecule has 1 spiro atoms. The lowest BCUT2D eigenvalue weighted by molar-refractivity contribution is -0.137. The van der Waals surface area contributed by atoms with Crippen LogP contribution in [0.5, 0.6) is 5.75 Å². The van der Waals surface area contributed by atoms with Gasteiger partial charge in [-0.15, -0.1) is 0 Å². The van der Waals surface area contributed by atoms with Crippen LogP contribution in [0.25, 0.3) is 0 Å². The molecule has 0 amide bonds. The Morgan fingerprint density at radius 1 is 1.38 bits per heavy atom. The van der Waals surface area contributed by atoms with Gasteiger partial charge in [-0.2, -0.15) is 0 Å². The van der Waals surface area contributed by atoms with Gasteiger partial charge in [0.2, 0.25) is 0 Å². The standard InChI is InChI=1S/C20H27N3O3/c1-15-19(16(2)26-22-15)12-23-9-10-25-20(14-23)7-3-5-17(20)13-24-18-6-4-8-21-11-18/h4,6,8,11,17H,3,5,7,9-10,12-14H2,1-2H3/t17-,20+/m0/s1. The predicted molar refractivity (Wildman–Crippen MR) is 97.0 cm³/mol. The molecule has 3 heterocycles. The molecule has 140 valence electrons. The maximum atomic E-state index is 6.36. The summed E-state index contributed by atoms with van der Waals surface area (Å²) in [5.74, 6) is 2.17. The van der Waals surface area contributed by atoms with E-state index in [0.29, 0.717) is 12.5 Å². The molecule has 1 aliphatic heterocycles. The summed E-state index contributed by atoms with van der Waals surface area (Å²) in [6.45, 7) is 8.23. The number of aryl methyl sites for hydroxylation is 2. The maximum Gasteiger partial charge on any atom is 0.138 e. The van der Waals surface area contributed by atoms with Crippen LogP contribution >= 0.6 is 0 Å². The second-order valence-electron chi connectivity index (χ2n) is 7.52. The van der Waals surface area contributed by atoms with Crippen LogP contribution in [0.2, 0.25) is 0 Å². The van der Waals surface area contributed by atoms with Crippen LogP contribution in [0.4, 0.5) is 0 Å². The zero-order chi connectivity index (χ0) is 18.0. The molecule has 0 N–H and O–H groups in total. The lowest BCUT2D eigenvalue weighted by atomic mass is 9.89. The van der Waals surface area contributed by atoms with Crippen molar-refractivity contribution < 1.29 is 14.0 Å². The highest BCUT2D eigenvalue weighted by Gasteiger charge is 2.47. The van der Waals surface area contributed by atoms with E-state index in [0.717, 1.165) is 56.3 Å². The van der Waals surface area contributed by atoms with E-state index >= 15 is 0 Å². The van der Waals surface area contributed by atoms with Gasteiger partial charge < -0.3 is 14.0 Å². The largest absolute Gasteiger partial charge is 0.492 e. The van der Waals surface area contributed by atoms with Gasteiger partial charge in [-0.3, -0.25) is 9.88 Å². The van der Waals surface area contributed by atoms with Gasteiger partial charge in [0, 0.05) is 37.3 Å². The molecular formula is C20H27N3O3. The molecule has 1 saturated heterocycles. The normalized spacial score (nSPS) is 26.5. The fourth-order valence-corrected chi connectivity index (χ4v) is 4.34. The van der Waals surface area contributed by atoms with Crippen molar-refractivity contribution in [1.82, 2.24) is 15.0 Å². The second kappa shape index (κ2) is 7.37. The fraction of sp³-hybridized carbons (Fsp3) is 0.600. The van der Waals surface area contributed by atoms with E-state index in [4.69, 9.17) is 14.0 Å². The third kappa shape index (κ3) is 3.48. The van der Waals surface area contributed by atoms with Crippen molar-refractivity contribution in [2.45, 2.75) is 45.3 Å². The molecule has 4 rings (SSSR count).